The van der Waals surface area contributed by atoms with Crippen molar-refractivity contribution >= 4 is 0 Å². The lowest BCUT2D eigenvalue weighted by Gasteiger charge is -2.23. The fourth-order valence-corrected chi connectivity index (χ4v) is 2.52. The molecule has 0 aliphatic rings. The van der Waals surface area contributed by atoms with Crippen LogP contribution in [0.2, 0.25) is 0 Å². The van der Waals surface area contributed by atoms with E-state index in [0.717, 1.165) is 5.56 Å². The molecular weight excluding hydrogens is 319 g/mol. The van der Waals surface area contributed by atoms with Crippen LogP contribution in [-0.2, 0) is 6.61 Å². The standard InChI is InChI=1S/C18H20F3NO2/c1-11-8-14(15(22)17(23)18(19,20)21)9-12(2)16(11)24-10-13-6-4-3-5-7-13/h3-9,15,17,23H,10,22H2,1-2H3/t15-,17-/m1/s1. The highest BCUT2D eigenvalue weighted by Crippen LogP contribution is 2.32. The van der Waals surface area contributed by atoms with Crippen LogP contribution in [-0.4, -0.2) is 17.4 Å². The van der Waals surface area contributed by atoms with Crippen LogP contribution in [0.4, 0.5) is 13.2 Å². The Bertz CT molecular complexity index is 663. The SMILES string of the molecule is Cc1cc([C@@H](N)[C@@H](O)C(F)(F)F)cc(C)c1OCc1ccccc1. The molecule has 2 aromatic carbocycles. The van der Waals surface area contributed by atoms with Crippen molar-refractivity contribution < 1.29 is 23.0 Å². The highest BCUT2D eigenvalue weighted by molar-refractivity contribution is 5.44. The summed E-state index contributed by atoms with van der Waals surface area (Å²) < 4.78 is 43.6. The molecule has 0 saturated heterocycles. The van der Waals surface area contributed by atoms with Gasteiger partial charge in [0.15, 0.2) is 6.10 Å². The van der Waals surface area contributed by atoms with E-state index in [4.69, 9.17) is 10.5 Å². The van der Waals surface area contributed by atoms with Crippen molar-refractivity contribution in [3.8, 4) is 5.75 Å². The second-order valence-electron chi connectivity index (χ2n) is 5.77. The van der Waals surface area contributed by atoms with E-state index in [2.05, 4.69) is 0 Å². The van der Waals surface area contributed by atoms with Crippen molar-refractivity contribution in [3.05, 3.63) is 64.7 Å². The number of alkyl halides is 3. The van der Waals surface area contributed by atoms with Crippen molar-refractivity contribution in [1.29, 1.82) is 0 Å². The fourth-order valence-electron chi connectivity index (χ4n) is 2.52. The Kier molecular flexibility index (Phi) is 5.51. The predicted octanol–water partition coefficient (Wildman–Crippen LogP) is 3.81. The number of ether oxygens (including phenoxy) is 1. The van der Waals surface area contributed by atoms with Crippen LogP contribution in [0.5, 0.6) is 5.75 Å². The largest absolute Gasteiger partial charge is 0.488 e. The van der Waals surface area contributed by atoms with Crippen molar-refractivity contribution in [2.45, 2.75) is 38.8 Å². The molecule has 0 saturated carbocycles. The number of hydrogen-bond donors (Lipinski definition) is 2. The van der Waals surface area contributed by atoms with Gasteiger partial charge in [-0.3, -0.25) is 0 Å². The zero-order chi connectivity index (χ0) is 17.9. The summed E-state index contributed by atoms with van der Waals surface area (Å²) in [7, 11) is 0. The minimum atomic E-state index is -4.76. The van der Waals surface area contributed by atoms with Crippen molar-refractivity contribution in [2.24, 2.45) is 5.73 Å². The first-order chi connectivity index (χ1) is 11.2. The molecule has 0 radical (unpaired) electrons. The fraction of sp³-hybridized carbons (Fsp3) is 0.333. The van der Waals surface area contributed by atoms with E-state index in [1.807, 2.05) is 30.3 Å². The lowest BCUT2D eigenvalue weighted by molar-refractivity contribution is -0.210. The summed E-state index contributed by atoms with van der Waals surface area (Å²) in [6.07, 6.45) is -7.36. The summed E-state index contributed by atoms with van der Waals surface area (Å²) in [5, 5.41) is 9.33. The summed E-state index contributed by atoms with van der Waals surface area (Å²) in [5.41, 5.74) is 8.13. The van der Waals surface area contributed by atoms with E-state index in [0.29, 0.717) is 23.5 Å². The molecule has 0 aromatic heterocycles. The van der Waals surface area contributed by atoms with Crippen molar-refractivity contribution in [2.75, 3.05) is 0 Å². The first-order valence-corrected chi connectivity index (χ1v) is 7.48. The van der Waals surface area contributed by atoms with Gasteiger partial charge in [0.05, 0.1) is 6.04 Å². The summed E-state index contributed by atoms with van der Waals surface area (Å²) in [4.78, 5) is 0. The van der Waals surface area contributed by atoms with Gasteiger partial charge in [-0.15, -0.1) is 0 Å². The lowest BCUT2D eigenvalue weighted by atomic mass is 9.97. The normalized spacial score (nSPS) is 14.3. The number of hydrogen-bond acceptors (Lipinski definition) is 3. The molecule has 0 amide bonds. The maximum Gasteiger partial charge on any atom is 0.416 e. The molecule has 3 N–H and O–H groups in total. The highest BCUT2D eigenvalue weighted by atomic mass is 19.4. The van der Waals surface area contributed by atoms with E-state index < -0.39 is 18.3 Å². The third-order valence-corrected chi connectivity index (χ3v) is 3.77. The number of aryl methyl sites for hydroxylation is 2. The van der Waals surface area contributed by atoms with E-state index in [1.165, 1.54) is 12.1 Å². The number of halogens is 3. The number of rotatable bonds is 5. The highest BCUT2D eigenvalue weighted by Gasteiger charge is 2.42. The van der Waals surface area contributed by atoms with Crippen LogP contribution >= 0.6 is 0 Å². The maximum absolute atomic E-state index is 12.6. The topological polar surface area (TPSA) is 55.5 Å². The Morgan fingerprint density at radius 2 is 1.62 bits per heavy atom. The minimum Gasteiger partial charge on any atom is -0.488 e. The van der Waals surface area contributed by atoms with Gasteiger partial charge in [-0.1, -0.05) is 42.5 Å². The maximum atomic E-state index is 12.6. The third kappa shape index (κ3) is 4.27. The second kappa shape index (κ2) is 7.23. The Balaban J connectivity index is 2.19. The molecule has 2 aromatic rings. The molecule has 0 bridgehead atoms. The zero-order valence-corrected chi connectivity index (χ0v) is 13.5. The van der Waals surface area contributed by atoms with Gasteiger partial charge in [0.25, 0.3) is 0 Å². The predicted molar refractivity (Wildman–Crippen MR) is 85.7 cm³/mol. The van der Waals surface area contributed by atoms with E-state index in [9.17, 15) is 18.3 Å². The third-order valence-electron chi connectivity index (χ3n) is 3.77. The molecule has 0 heterocycles. The van der Waals surface area contributed by atoms with Crippen LogP contribution in [0.15, 0.2) is 42.5 Å². The number of aliphatic hydroxyl groups excluding tert-OH is 1. The smallest absolute Gasteiger partial charge is 0.416 e. The molecular formula is C18H20F3NO2. The monoisotopic (exact) mass is 339 g/mol. The molecule has 0 fully saturated rings. The van der Waals surface area contributed by atoms with Crippen molar-refractivity contribution in [3.63, 3.8) is 0 Å². The van der Waals surface area contributed by atoms with Crippen LogP contribution in [0, 0.1) is 13.8 Å². The summed E-state index contributed by atoms with van der Waals surface area (Å²) in [5.74, 6) is 0.608. The molecule has 24 heavy (non-hydrogen) atoms. The Labute approximate surface area is 138 Å². The number of nitrogens with two attached hydrogens (primary N) is 1. The van der Waals surface area contributed by atoms with Gasteiger partial charge in [0.1, 0.15) is 12.4 Å². The molecule has 130 valence electrons. The molecule has 6 heteroatoms. The average molecular weight is 339 g/mol. The van der Waals surface area contributed by atoms with Gasteiger partial charge >= 0.3 is 6.18 Å². The second-order valence-corrected chi connectivity index (χ2v) is 5.77. The number of aliphatic hydroxyl groups is 1. The first-order valence-electron chi connectivity index (χ1n) is 7.48. The van der Waals surface area contributed by atoms with E-state index in [1.54, 1.807) is 13.8 Å². The first kappa shape index (κ1) is 18.3. The Hall–Kier alpha value is -2.05. The lowest BCUT2D eigenvalue weighted by Crippen LogP contribution is -2.38. The quantitative estimate of drug-likeness (QED) is 0.871. The molecule has 0 unspecified atom stereocenters. The zero-order valence-electron chi connectivity index (χ0n) is 13.5. The van der Waals surface area contributed by atoms with Crippen molar-refractivity contribution in [1.82, 2.24) is 0 Å². The van der Waals surface area contributed by atoms with E-state index >= 15 is 0 Å². The van der Waals surface area contributed by atoms with Crippen LogP contribution < -0.4 is 10.5 Å². The summed E-state index contributed by atoms with van der Waals surface area (Å²) in [6, 6.07) is 11.1. The average Bonchev–Trinajstić information content (AvgIpc) is 2.52. The number of benzene rings is 2. The van der Waals surface area contributed by atoms with Crippen LogP contribution in [0.1, 0.15) is 28.3 Å². The van der Waals surface area contributed by atoms with Gasteiger partial charge in [-0.25, -0.2) is 0 Å². The minimum absolute atomic E-state index is 0.224. The molecule has 3 nitrogen and oxygen atoms in total. The Morgan fingerprint density at radius 1 is 1.08 bits per heavy atom. The summed E-state index contributed by atoms with van der Waals surface area (Å²) in [6.45, 7) is 3.84. The van der Waals surface area contributed by atoms with Crippen LogP contribution in [0.3, 0.4) is 0 Å². The Morgan fingerprint density at radius 3 is 2.12 bits per heavy atom. The van der Waals surface area contributed by atoms with Gasteiger partial charge in [-0.2, -0.15) is 13.2 Å². The van der Waals surface area contributed by atoms with Gasteiger partial charge in [0, 0.05) is 0 Å². The molecule has 0 aliphatic heterocycles. The molecule has 2 atom stereocenters. The van der Waals surface area contributed by atoms with Gasteiger partial charge in [0.2, 0.25) is 0 Å². The van der Waals surface area contributed by atoms with Gasteiger partial charge in [-0.05, 0) is 36.1 Å². The molecule has 0 aliphatic carbocycles. The van der Waals surface area contributed by atoms with Gasteiger partial charge < -0.3 is 15.6 Å². The molecule has 0 spiro atoms. The van der Waals surface area contributed by atoms with Crippen LogP contribution in [0.25, 0.3) is 0 Å². The summed E-state index contributed by atoms with van der Waals surface area (Å²) >= 11 is 0. The molecule has 2 rings (SSSR count). The van der Waals surface area contributed by atoms with E-state index in [-0.39, 0.29) is 5.56 Å².